The largest absolute Gasteiger partial charge is 0.407 e. The summed E-state index contributed by atoms with van der Waals surface area (Å²) in [6.45, 7) is 0. The standard InChI is InChI=1S/C8H6F4N2O2/c9-6-2-1-4(14(15)16)3-5(6)7(13)8(10,11)12/h1-3,7H,13H2. The first kappa shape index (κ1) is 12.4. The second-order valence-electron chi connectivity index (χ2n) is 2.98. The summed E-state index contributed by atoms with van der Waals surface area (Å²) in [7, 11) is 0. The zero-order valence-corrected chi connectivity index (χ0v) is 7.66. The van der Waals surface area contributed by atoms with Gasteiger partial charge in [0.2, 0.25) is 0 Å². The SMILES string of the molecule is NC(c1cc([N+](=O)[O-])ccc1F)C(F)(F)F. The fourth-order valence-corrected chi connectivity index (χ4v) is 1.06. The number of nitrogens with zero attached hydrogens (tertiary/aromatic N) is 1. The van der Waals surface area contributed by atoms with Crippen LogP contribution in [0.25, 0.3) is 0 Å². The molecule has 8 heteroatoms. The Hall–Kier alpha value is -1.70. The highest BCUT2D eigenvalue weighted by atomic mass is 19.4. The highest BCUT2D eigenvalue weighted by Crippen LogP contribution is 2.33. The fraction of sp³-hybridized carbons (Fsp3) is 0.250. The molecule has 0 aromatic heterocycles. The van der Waals surface area contributed by atoms with E-state index in [-0.39, 0.29) is 0 Å². The summed E-state index contributed by atoms with van der Waals surface area (Å²) in [5.74, 6) is -1.23. The topological polar surface area (TPSA) is 69.2 Å². The number of hydrogen-bond donors (Lipinski definition) is 1. The minimum atomic E-state index is -4.85. The smallest absolute Gasteiger partial charge is 0.316 e. The van der Waals surface area contributed by atoms with Crippen LogP contribution in [0.15, 0.2) is 18.2 Å². The van der Waals surface area contributed by atoms with Crippen molar-refractivity contribution in [2.75, 3.05) is 0 Å². The maximum absolute atomic E-state index is 13.0. The molecule has 0 aliphatic rings. The summed E-state index contributed by atoms with van der Waals surface area (Å²) < 4.78 is 49.6. The van der Waals surface area contributed by atoms with E-state index in [0.29, 0.717) is 12.1 Å². The van der Waals surface area contributed by atoms with Crippen molar-refractivity contribution in [3.05, 3.63) is 39.7 Å². The van der Waals surface area contributed by atoms with E-state index < -0.39 is 34.2 Å². The molecule has 0 fully saturated rings. The summed E-state index contributed by atoms with van der Waals surface area (Å²) in [6, 6.07) is -0.749. The lowest BCUT2D eigenvalue weighted by molar-refractivity contribution is -0.385. The minimum absolute atomic E-state index is 0.480. The van der Waals surface area contributed by atoms with Gasteiger partial charge in [-0.1, -0.05) is 0 Å². The Kier molecular flexibility index (Phi) is 3.13. The lowest BCUT2D eigenvalue weighted by Crippen LogP contribution is -2.29. The van der Waals surface area contributed by atoms with Gasteiger partial charge in [-0.3, -0.25) is 10.1 Å². The van der Waals surface area contributed by atoms with Crippen molar-refractivity contribution >= 4 is 5.69 Å². The fourth-order valence-electron chi connectivity index (χ4n) is 1.06. The van der Waals surface area contributed by atoms with Crippen LogP contribution < -0.4 is 5.73 Å². The lowest BCUT2D eigenvalue weighted by atomic mass is 10.1. The van der Waals surface area contributed by atoms with Gasteiger partial charge in [0.15, 0.2) is 0 Å². The number of non-ortho nitro benzene ring substituents is 1. The van der Waals surface area contributed by atoms with E-state index in [4.69, 9.17) is 5.73 Å². The minimum Gasteiger partial charge on any atom is -0.316 e. The number of nitrogens with two attached hydrogens (primary N) is 1. The highest BCUT2D eigenvalue weighted by molar-refractivity contribution is 5.37. The number of hydrogen-bond acceptors (Lipinski definition) is 3. The Morgan fingerprint density at radius 3 is 2.38 bits per heavy atom. The molecule has 1 rings (SSSR count). The van der Waals surface area contributed by atoms with E-state index in [1.54, 1.807) is 0 Å². The summed E-state index contributed by atoms with van der Waals surface area (Å²) in [6.07, 6.45) is -4.85. The van der Waals surface area contributed by atoms with Gasteiger partial charge in [-0.2, -0.15) is 13.2 Å². The molecule has 0 amide bonds. The molecule has 0 saturated heterocycles. The van der Waals surface area contributed by atoms with Gasteiger partial charge in [0.25, 0.3) is 5.69 Å². The van der Waals surface area contributed by atoms with Gasteiger partial charge in [-0.15, -0.1) is 0 Å². The van der Waals surface area contributed by atoms with Gasteiger partial charge >= 0.3 is 6.18 Å². The average Bonchev–Trinajstić information content (AvgIpc) is 2.15. The Labute approximate surface area is 86.8 Å². The van der Waals surface area contributed by atoms with Gasteiger partial charge < -0.3 is 5.73 Å². The van der Waals surface area contributed by atoms with Gasteiger partial charge in [0, 0.05) is 17.7 Å². The van der Waals surface area contributed by atoms with Crippen LogP contribution in [0.1, 0.15) is 11.6 Å². The molecule has 0 heterocycles. The number of nitro groups is 1. The molecule has 0 bridgehead atoms. The van der Waals surface area contributed by atoms with Crippen molar-refractivity contribution in [1.29, 1.82) is 0 Å². The van der Waals surface area contributed by atoms with Crippen molar-refractivity contribution in [3.8, 4) is 0 Å². The molecule has 0 aliphatic heterocycles. The van der Waals surface area contributed by atoms with Gasteiger partial charge in [-0.05, 0) is 6.07 Å². The summed E-state index contributed by atoms with van der Waals surface area (Å²) in [5, 5.41) is 10.3. The summed E-state index contributed by atoms with van der Waals surface area (Å²) in [5.41, 5.74) is 3.17. The second-order valence-corrected chi connectivity index (χ2v) is 2.98. The zero-order chi connectivity index (χ0) is 12.5. The summed E-state index contributed by atoms with van der Waals surface area (Å²) >= 11 is 0. The molecule has 2 N–H and O–H groups in total. The Bertz CT molecular complexity index is 419. The molecule has 1 unspecified atom stereocenters. The molecular weight excluding hydrogens is 232 g/mol. The van der Waals surface area contributed by atoms with E-state index >= 15 is 0 Å². The number of nitro benzene ring substituents is 1. The molecule has 0 saturated carbocycles. The highest BCUT2D eigenvalue weighted by Gasteiger charge is 2.39. The van der Waals surface area contributed by atoms with Crippen LogP contribution in [-0.2, 0) is 0 Å². The zero-order valence-electron chi connectivity index (χ0n) is 7.66. The second kappa shape index (κ2) is 4.05. The average molecular weight is 238 g/mol. The number of halogens is 4. The lowest BCUT2D eigenvalue weighted by Gasteiger charge is -2.16. The predicted octanol–water partition coefficient (Wildman–Crippen LogP) is 2.30. The number of benzene rings is 1. The normalized spacial score (nSPS) is 13.6. The van der Waals surface area contributed by atoms with Crippen LogP contribution in [0.3, 0.4) is 0 Å². The molecule has 88 valence electrons. The first-order chi connectivity index (χ1) is 7.23. The van der Waals surface area contributed by atoms with Gasteiger partial charge in [0.1, 0.15) is 11.9 Å². The molecule has 1 aromatic rings. The van der Waals surface area contributed by atoms with Crippen molar-refractivity contribution in [3.63, 3.8) is 0 Å². The number of alkyl halides is 3. The first-order valence-electron chi connectivity index (χ1n) is 3.99. The van der Waals surface area contributed by atoms with Crippen LogP contribution >= 0.6 is 0 Å². The Balaban J connectivity index is 3.22. The van der Waals surface area contributed by atoms with Crippen molar-refractivity contribution in [1.82, 2.24) is 0 Å². The van der Waals surface area contributed by atoms with Crippen LogP contribution in [0.2, 0.25) is 0 Å². The monoisotopic (exact) mass is 238 g/mol. The maximum atomic E-state index is 13.0. The molecule has 4 nitrogen and oxygen atoms in total. The van der Waals surface area contributed by atoms with E-state index in [1.165, 1.54) is 0 Å². The Morgan fingerprint density at radius 1 is 1.38 bits per heavy atom. The molecule has 1 aromatic carbocycles. The number of rotatable bonds is 2. The van der Waals surface area contributed by atoms with E-state index in [0.717, 1.165) is 6.07 Å². The summed E-state index contributed by atoms with van der Waals surface area (Å²) in [4.78, 5) is 9.37. The van der Waals surface area contributed by atoms with Crippen LogP contribution in [-0.4, -0.2) is 11.1 Å². The van der Waals surface area contributed by atoms with Crippen molar-refractivity contribution in [2.45, 2.75) is 12.2 Å². The van der Waals surface area contributed by atoms with Crippen molar-refractivity contribution in [2.24, 2.45) is 5.73 Å². The third kappa shape index (κ3) is 2.45. The van der Waals surface area contributed by atoms with Crippen LogP contribution in [0.5, 0.6) is 0 Å². The third-order valence-electron chi connectivity index (χ3n) is 1.88. The van der Waals surface area contributed by atoms with Gasteiger partial charge in [-0.25, -0.2) is 4.39 Å². The predicted molar refractivity (Wildman–Crippen MR) is 46.0 cm³/mol. The molecule has 16 heavy (non-hydrogen) atoms. The maximum Gasteiger partial charge on any atom is 0.407 e. The van der Waals surface area contributed by atoms with E-state index in [2.05, 4.69) is 0 Å². The van der Waals surface area contributed by atoms with Crippen LogP contribution in [0, 0.1) is 15.9 Å². The molecule has 0 spiro atoms. The first-order valence-corrected chi connectivity index (χ1v) is 3.99. The van der Waals surface area contributed by atoms with Crippen LogP contribution in [0.4, 0.5) is 23.2 Å². The third-order valence-corrected chi connectivity index (χ3v) is 1.88. The van der Waals surface area contributed by atoms with Crippen molar-refractivity contribution < 1.29 is 22.5 Å². The van der Waals surface area contributed by atoms with E-state index in [1.807, 2.05) is 0 Å². The van der Waals surface area contributed by atoms with Gasteiger partial charge in [0.05, 0.1) is 4.92 Å². The molecular formula is C8H6F4N2O2. The molecule has 1 atom stereocenters. The van der Waals surface area contributed by atoms with E-state index in [9.17, 15) is 27.7 Å². The molecule has 0 aliphatic carbocycles. The quantitative estimate of drug-likeness (QED) is 0.488. The molecule has 0 radical (unpaired) electrons. The Morgan fingerprint density at radius 2 is 1.94 bits per heavy atom.